The molecule has 1 saturated heterocycles. The maximum atomic E-state index is 13.8. The second-order valence-electron chi connectivity index (χ2n) is 12.8. The van der Waals surface area contributed by atoms with E-state index >= 15 is 0 Å². The molecule has 11 nitrogen and oxygen atoms in total. The van der Waals surface area contributed by atoms with E-state index in [2.05, 4.69) is 6.92 Å². The average Bonchev–Trinajstić information content (AvgIpc) is 3.14. The van der Waals surface area contributed by atoms with E-state index in [-0.39, 0.29) is 53.8 Å². The Morgan fingerprint density at radius 1 is 1.03 bits per heavy atom. The fraction of sp³-hybridized carbons (Fsp3) is 0.889. The number of rotatable bonds is 5. The van der Waals surface area contributed by atoms with E-state index in [4.69, 9.17) is 9.47 Å². The summed E-state index contributed by atoms with van der Waals surface area (Å²) in [7, 11) is 0. The predicted molar refractivity (Wildman–Crippen MR) is 128 cm³/mol. The minimum atomic E-state index is -1.78. The lowest BCUT2D eigenvalue weighted by atomic mass is 9.44. The number of hydrogen-bond acceptors (Lipinski definition) is 10. The highest BCUT2D eigenvalue weighted by Crippen LogP contribution is 2.67. The number of carbonyl (C=O) groups is 3. The van der Waals surface area contributed by atoms with Gasteiger partial charge < -0.3 is 40.1 Å². The Labute approximate surface area is 221 Å². The maximum absolute atomic E-state index is 13.8. The molecule has 11 heteroatoms. The third-order valence-corrected chi connectivity index (χ3v) is 11.2. The minimum Gasteiger partial charge on any atom is -0.479 e. The van der Waals surface area contributed by atoms with Crippen molar-refractivity contribution in [2.75, 3.05) is 6.61 Å². The summed E-state index contributed by atoms with van der Waals surface area (Å²) in [4.78, 5) is 37.8. The lowest BCUT2D eigenvalue weighted by molar-refractivity contribution is -0.309. The van der Waals surface area contributed by atoms with Gasteiger partial charge in [0.1, 0.15) is 36.3 Å². The van der Waals surface area contributed by atoms with Crippen LogP contribution in [0.1, 0.15) is 65.2 Å². The summed E-state index contributed by atoms with van der Waals surface area (Å²) in [5.74, 6) is -2.06. The summed E-state index contributed by atoms with van der Waals surface area (Å²) in [5, 5.41) is 60.6. The van der Waals surface area contributed by atoms with Gasteiger partial charge in [-0.15, -0.1) is 0 Å². The molecule has 13 atom stereocenters. The average molecular weight is 541 g/mol. The van der Waals surface area contributed by atoms with Crippen molar-refractivity contribution in [1.29, 1.82) is 0 Å². The van der Waals surface area contributed by atoms with Crippen molar-refractivity contribution in [3.8, 4) is 0 Å². The number of ether oxygens (including phenoxy) is 2. The molecule has 1 heterocycles. The zero-order valence-electron chi connectivity index (χ0n) is 21.9. The Hall–Kier alpha value is -1.47. The van der Waals surface area contributed by atoms with Gasteiger partial charge >= 0.3 is 5.97 Å². The smallest absolute Gasteiger partial charge is 0.335 e. The number of carboxylic acids is 1. The third-order valence-electron chi connectivity index (χ3n) is 11.2. The number of aliphatic hydroxyl groups excluding tert-OH is 4. The largest absolute Gasteiger partial charge is 0.479 e. The molecular formula is C27H40O11. The molecule has 0 amide bonds. The van der Waals surface area contributed by atoms with E-state index in [0.29, 0.717) is 25.7 Å². The van der Waals surface area contributed by atoms with Crippen LogP contribution >= 0.6 is 0 Å². The molecule has 0 aromatic carbocycles. The molecule has 214 valence electrons. The van der Waals surface area contributed by atoms with Crippen molar-refractivity contribution < 1.29 is 54.5 Å². The molecule has 1 aliphatic heterocycles. The molecule has 4 aliphatic carbocycles. The lowest BCUT2D eigenvalue weighted by Gasteiger charge is -2.60. The summed E-state index contributed by atoms with van der Waals surface area (Å²) >= 11 is 0. The van der Waals surface area contributed by atoms with Crippen LogP contribution in [0.3, 0.4) is 0 Å². The number of aliphatic carboxylic acids is 1. The Kier molecular flexibility index (Phi) is 7.07. The zero-order valence-corrected chi connectivity index (χ0v) is 21.9. The first-order chi connectivity index (χ1) is 17.8. The molecular weight excluding hydrogens is 500 g/mol. The Bertz CT molecular complexity index is 986. The molecule has 0 bridgehead atoms. The fourth-order valence-electron chi connectivity index (χ4n) is 9.10. The molecule has 0 aromatic rings. The van der Waals surface area contributed by atoms with Crippen LogP contribution in [0.5, 0.6) is 0 Å². The van der Waals surface area contributed by atoms with Gasteiger partial charge in [-0.25, -0.2) is 4.79 Å². The van der Waals surface area contributed by atoms with Gasteiger partial charge in [0, 0.05) is 17.8 Å². The van der Waals surface area contributed by atoms with Crippen LogP contribution in [0.25, 0.3) is 0 Å². The molecule has 6 N–H and O–H groups in total. The second-order valence-corrected chi connectivity index (χ2v) is 12.8. The van der Waals surface area contributed by atoms with Crippen molar-refractivity contribution >= 4 is 17.5 Å². The number of carboxylic acid groups (broad SMARTS) is 1. The standard InChI is InChI=1S/C27H40O11/c1-25-7-5-13(37-24-21(33)19(31)20(32)22(38-24)23(34)35)9-12(25)3-4-14-15-6-8-27(36,17(30)11-28)26(15,2)10-16(29)18(14)25/h12-15,18-22,24,28,31-33,36H,3-11H2,1-2H3,(H,34,35). The Morgan fingerprint density at radius 3 is 2.39 bits per heavy atom. The molecule has 5 fully saturated rings. The van der Waals surface area contributed by atoms with Gasteiger partial charge in [-0.2, -0.15) is 0 Å². The number of fused-ring (bicyclic) bond motifs is 5. The molecule has 0 aromatic heterocycles. The van der Waals surface area contributed by atoms with Gasteiger partial charge in [0.25, 0.3) is 0 Å². The first-order valence-corrected chi connectivity index (χ1v) is 13.8. The number of carbonyl (C=O) groups excluding carboxylic acids is 2. The minimum absolute atomic E-state index is 0.00380. The summed E-state index contributed by atoms with van der Waals surface area (Å²) in [5.41, 5.74) is -2.90. The quantitative estimate of drug-likeness (QED) is 0.253. The first-order valence-electron chi connectivity index (χ1n) is 13.8. The molecule has 13 unspecified atom stereocenters. The predicted octanol–water partition coefficient (Wildman–Crippen LogP) is -0.222. The number of ketones is 2. The van der Waals surface area contributed by atoms with Gasteiger partial charge in [0.05, 0.1) is 6.10 Å². The normalized spacial score (nSPS) is 52.6. The van der Waals surface area contributed by atoms with Gasteiger partial charge in [-0.3, -0.25) is 9.59 Å². The summed E-state index contributed by atoms with van der Waals surface area (Å²) in [6.45, 7) is 3.22. The fourth-order valence-corrected chi connectivity index (χ4v) is 9.10. The topological polar surface area (TPSA) is 191 Å². The van der Waals surface area contributed by atoms with Crippen LogP contribution in [0.4, 0.5) is 0 Å². The summed E-state index contributed by atoms with van der Waals surface area (Å²) in [6.07, 6.45) is -4.28. The van der Waals surface area contributed by atoms with Crippen molar-refractivity contribution in [2.45, 2.75) is 108 Å². The molecule has 4 saturated carbocycles. The van der Waals surface area contributed by atoms with E-state index in [1.165, 1.54) is 0 Å². The lowest BCUT2D eigenvalue weighted by Crippen LogP contribution is -2.63. The monoisotopic (exact) mass is 540 g/mol. The summed E-state index contributed by atoms with van der Waals surface area (Å²) < 4.78 is 11.3. The third kappa shape index (κ3) is 3.92. The van der Waals surface area contributed by atoms with Gasteiger partial charge in [0.15, 0.2) is 18.2 Å². The van der Waals surface area contributed by atoms with Crippen molar-refractivity contribution in [3.63, 3.8) is 0 Å². The van der Waals surface area contributed by atoms with Crippen LogP contribution in [-0.2, 0) is 23.9 Å². The van der Waals surface area contributed by atoms with Crippen LogP contribution in [0.15, 0.2) is 0 Å². The zero-order chi connectivity index (χ0) is 27.8. The SMILES string of the molecule is CC12CCC(OC3OC(C(=O)O)C(O)C(O)C3O)CC1CCC1C2C(=O)CC2(C)C1CCC2(O)C(=O)CO. The van der Waals surface area contributed by atoms with E-state index in [9.17, 15) is 45.0 Å². The van der Waals surface area contributed by atoms with Crippen LogP contribution < -0.4 is 0 Å². The highest BCUT2D eigenvalue weighted by Gasteiger charge is 2.69. The Balaban J connectivity index is 1.31. The van der Waals surface area contributed by atoms with Crippen molar-refractivity contribution in [3.05, 3.63) is 0 Å². The molecule has 38 heavy (non-hydrogen) atoms. The molecule has 5 rings (SSSR count). The molecule has 5 aliphatic rings. The first kappa shape index (κ1) is 28.1. The van der Waals surface area contributed by atoms with Gasteiger partial charge in [-0.1, -0.05) is 13.8 Å². The Morgan fingerprint density at radius 2 is 1.74 bits per heavy atom. The molecule has 0 spiro atoms. The highest BCUT2D eigenvalue weighted by molar-refractivity contribution is 5.92. The van der Waals surface area contributed by atoms with Crippen LogP contribution in [-0.4, -0.2) is 97.2 Å². The highest BCUT2D eigenvalue weighted by atomic mass is 16.7. The number of aliphatic hydroxyl groups is 5. The second kappa shape index (κ2) is 9.57. The van der Waals surface area contributed by atoms with Gasteiger partial charge in [0.2, 0.25) is 0 Å². The summed E-state index contributed by atoms with van der Waals surface area (Å²) in [6, 6.07) is 0. The van der Waals surface area contributed by atoms with Crippen LogP contribution in [0.2, 0.25) is 0 Å². The van der Waals surface area contributed by atoms with Crippen molar-refractivity contribution in [1.82, 2.24) is 0 Å². The number of Topliss-reactive ketones (excluding diaryl/α,β-unsaturated/α-hetero) is 2. The van der Waals surface area contributed by atoms with Gasteiger partial charge in [-0.05, 0) is 68.1 Å². The maximum Gasteiger partial charge on any atom is 0.335 e. The van der Waals surface area contributed by atoms with E-state index < -0.39 is 60.1 Å². The molecule has 0 radical (unpaired) electrons. The van der Waals surface area contributed by atoms with Crippen LogP contribution in [0, 0.1) is 34.5 Å². The van der Waals surface area contributed by atoms with E-state index in [0.717, 1.165) is 12.8 Å². The van der Waals surface area contributed by atoms with E-state index in [1.807, 2.05) is 6.92 Å². The van der Waals surface area contributed by atoms with E-state index in [1.54, 1.807) is 0 Å². The number of hydrogen-bond donors (Lipinski definition) is 6. The van der Waals surface area contributed by atoms with Crippen molar-refractivity contribution in [2.24, 2.45) is 34.5 Å².